The van der Waals surface area contributed by atoms with Gasteiger partial charge in [0.15, 0.2) is 5.43 Å². The second-order valence-corrected chi connectivity index (χ2v) is 2.59. The summed E-state index contributed by atoms with van der Waals surface area (Å²) in [5.74, 6) is -1.45. The lowest BCUT2D eigenvalue weighted by molar-refractivity contribution is 0.143. The minimum atomic E-state index is -3.12. The lowest BCUT2D eigenvalue weighted by Gasteiger charge is -2.02. The molecule has 0 aliphatic rings. The second kappa shape index (κ2) is 3.83. The number of halogens is 4. The van der Waals surface area contributed by atoms with Crippen molar-refractivity contribution in [1.82, 2.24) is 4.98 Å². The van der Waals surface area contributed by atoms with Crippen molar-refractivity contribution < 1.29 is 13.2 Å². The molecule has 0 saturated heterocycles. The Kier molecular flexibility index (Phi) is 2.98. The van der Waals surface area contributed by atoms with Crippen LogP contribution in [0.15, 0.2) is 10.9 Å². The molecule has 0 atom stereocenters. The van der Waals surface area contributed by atoms with Crippen LogP contribution in [0.25, 0.3) is 0 Å². The van der Waals surface area contributed by atoms with Gasteiger partial charge in [0.05, 0.1) is 5.88 Å². The Balaban J connectivity index is 3.32. The van der Waals surface area contributed by atoms with Gasteiger partial charge in [0.25, 0.3) is 6.43 Å². The first-order chi connectivity index (χ1) is 6.06. The molecule has 1 heterocycles. The van der Waals surface area contributed by atoms with Gasteiger partial charge in [-0.05, 0) is 0 Å². The van der Waals surface area contributed by atoms with Crippen LogP contribution in [-0.2, 0) is 5.88 Å². The predicted octanol–water partition coefficient (Wildman–Crippen LogP) is 2.19. The van der Waals surface area contributed by atoms with Crippen LogP contribution in [0.3, 0.4) is 0 Å². The Bertz CT molecular complexity index is 363. The number of aromatic nitrogens is 1. The average molecular weight is 212 g/mol. The van der Waals surface area contributed by atoms with E-state index in [2.05, 4.69) is 0 Å². The van der Waals surface area contributed by atoms with Gasteiger partial charge in [-0.1, -0.05) is 0 Å². The summed E-state index contributed by atoms with van der Waals surface area (Å²) in [5.41, 5.74) is -2.11. The zero-order chi connectivity index (χ0) is 10.0. The van der Waals surface area contributed by atoms with E-state index in [0.717, 1.165) is 6.07 Å². The SMILES string of the molecule is O=c1cc(CCl)[nH]c(F)c1C(F)F. The van der Waals surface area contributed by atoms with Crippen molar-refractivity contribution in [2.75, 3.05) is 0 Å². The number of nitrogens with one attached hydrogen (secondary N) is 1. The van der Waals surface area contributed by atoms with Crippen LogP contribution in [0.5, 0.6) is 0 Å². The molecule has 0 fully saturated rings. The van der Waals surface area contributed by atoms with Gasteiger partial charge in [-0.15, -0.1) is 11.6 Å². The number of hydrogen-bond acceptors (Lipinski definition) is 1. The maximum Gasteiger partial charge on any atom is 0.271 e. The molecule has 0 unspecified atom stereocenters. The van der Waals surface area contributed by atoms with Crippen LogP contribution in [-0.4, -0.2) is 4.98 Å². The lowest BCUT2D eigenvalue weighted by atomic mass is 10.2. The molecule has 0 saturated carbocycles. The monoisotopic (exact) mass is 211 g/mol. The third-order valence-electron chi connectivity index (χ3n) is 1.44. The summed E-state index contributed by atoms with van der Waals surface area (Å²) in [6, 6.07) is 0.859. The molecule has 0 amide bonds. The van der Waals surface area contributed by atoms with Gasteiger partial charge in [-0.2, -0.15) is 4.39 Å². The molecular weight excluding hydrogens is 207 g/mol. The third-order valence-corrected chi connectivity index (χ3v) is 1.73. The molecule has 0 aliphatic heterocycles. The topological polar surface area (TPSA) is 32.9 Å². The van der Waals surface area contributed by atoms with Crippen molar-refractivity contribution in [3.05, 3.63) is 33.5 Å². The van der Waals surface area contributed by atoms with Crippen molar-refractivity contribution in [3.8, 4) is 0 Å². The summed E-state index contributed by atoms with van der Waals surface area (Å²) in [6.45, 7) is 0. The number of H-pyrrole nitrogens is 1. The largest absolute Gasteiger partial charge is 0.334 e. The van der Waals surface area contributed by atoms with Gasteiger partial charge >= 0.3 is 0 Å². The molecule has 1 aromatic heterocycles. The fraction of sp³-hybridized carbons (Fsp3) is 0.286. The van der Waals surface area contributed by atoms with Gasteiger partial charge in [-0.3, -0.25) is 4.79 Å². The summed E-state index contributed by atoms with van der Waals surface area (Å²) in [5, 5.41) is 0. The number of aromatic amines is 1. The third kappa shape index (κ3) is 2.03. The van der Waals surface area contributed by atoms with Crippen LogP contribution in [0.2, 0.25) is 0 Å². The van der Waals surface area contributed by atoms with Crippen molar-refractivity contribution in [2.24, 2.45) is 0 Å². The Morgan fingerprint density at radius 1 is 1.54 bits per heavy atom. The zero-order valence-corrected chi connectivity index (χ0v) is 7.04. The molecule has 6 heteroatoms. The van der Waals surface area contributed by atoms with Gasteiger partial charge in [0, 0.05) is 11.8 Å². The summed E-state index contributed by atoms with van der Waals surface area (Å²) >= 11 is 5.28. The molecule has 0 aliphatic carbocycles. The average Bonchev–Trinajstić information content (AvgIpc) is 2.02. The van der Waals surface area contributed by atoms with E-state index in [1.54, 1.807) is 0 Å². The first-order valence-electron chi connectivity index (χ1n) is 3.32. The molecule has 1 aromatic rings. The molecule has 1 N–H and O–H groups in total. The van der Waals surface area contributed by atoms with Crippen molar-refractivity contribution in [3.63, 3.8) is 0 Å². The van der Waals surface area contributed by atoms with E-state index in [0.29, 0.717) is 0 Å². The smallest absolute Gasteiger partial charge is 0.271 e. The second-order valence-electron chi connectivity index (χ2n) is 2.32. The van der Waals surface area contributed by atoms with E-state index in [1.807, 2.05) is 4.98 Å². The maximum atomic E-state index is 12.8. The van der Waals surface area contributed by atoms with Gasteiger partial charge < -0.3 is 4.98 Å². The van der Waals surface area contributed by atoms with Crippen LogP contribution >= 0.6 is 11.6 Å². The quantitative estimate of drug-likeness (QED) is 0.590. The molecule has 13 heavy (non-hydrogen) atoms. The molecule has 0 spiro atoms. The minimum Gasteiger partial charge on any atom is -0.334 e. The van der Waals surface area contributed by atoms with E-state index in [9.17, 15) is 18.0 Å². The van der Waals surface area contributed by atoms with E-state index in [1.165, 1.54) is 0 Å². The van der Waals surface area contributed by atoms with E-state index in [4.69, 9.17) is 11.6 Å². The van der Waals surface area contributed by atoms with E-state index < -0.39 is 23.4 Å². The fourth-order valence-corrected chi connectivity index (χ4v) is 1.01. The van der Waals surface area contributed by atoms with Gasteiger partial charge in [0.2, 0.25) is 5.95 Å². The summed E-state index contributed by atoms with van der Waals surface area (Å²) in [7, 11) is 0. The number of rotatable bonds is 2. The first kappa shape index (κ1) is 10.1. The summed E-state index contributed by atoms with van der Waals surface area (Å²) < 4.78 is 36.8. The minimum absolute atomic E-state index is 0.0774. The highest BCUT2D eigenvalue weighted by molar-refractivity contribution is 6.16. The van der Waals surface area contributed by atoms with Gasteiger partial charge in [-0.25, -0.2) is 8.78 Å². The van der Waals surface area contributed by atoms with Crippen molar-refractivity contribution in [2.45, 2.75) is 12.3 Å². The standard InChI is InChI=1S/C7H5ClF3NO/c8-2-3-1-4(13)5(6(9)10)7(11)12-3/h1,6H,2H2,(H,12,13). The fourth-order valence-electron chi connectivity index (χ4n) is 0.864. The normalized spacial score (nSPS) is 10.8. The van der Waals surface area contributed by atoms with E-state index >= 15 is 0 Å². The molecule has 0 radical (unpaired) electrons. The van der Waals surface area contributed by atoms with Crippen LogP contribution in [0, 0.1) is 5.95 Å². The first-order valence-corrected chi connectivity index (χ1v) is 3.85. The Morgan fingerprint density at radius 3 is 2.54 bits per heavy atom. The molecule has 0 aromatic carbocycles. The Labute approximate surface area is 76.3 Å². The number of pyridine rings is 1. The maximum absolute atomic E-state index is 12.8. The van der Waals surface area contributed by atoms with Crippen LogP contribution < -0.4 is 5.43 Å². The van der Waals surface area contributed by atoms with Crippen LogP contribution in [0.1, 0.15) is 17.7 Å². The number of hydrogen-bond donors (Lipinski definition) is 1. The highest BCUT2D eigenvalue weighted by Gasteiger charge is 2.18. The van der Waals surface area contributed by atoms with Crippen LogP contribution in [0.4, 0.5) is 13.2 Å². The molecule has 2 nitrogen and oxygen atoms in total. The Morgan fingerprint density at radius 2 is 2.15 bits per heavy atom. The summed E-state index contributed by atoms with van der Waals surface area (Å²) in [4.78, 5) is 12.8. The molecular formula is C7H5ClF3NO. The molecule has 0 bridgehead atoms. The summed E-state index contributed by atoms with van der Waals surface area (Å²) in [6.07, 6.45) is -3.12. The lowest BCUT2D eigenvalue weighted by Crippen LogP contribution is -2.14. The highest BCUT2D eigenvalue weighted by atomic mass is 35.5. The highest BCUT2D eigenvalue weighted by Crippen LogP contribution is 2.17. The molecule has 1 rings (SSSR count). The van der Waals surface area contributed by atoms with Crippen molar-refractivity contribution in [1.29, 1.82) is 0 Å². The number of alkyl halides is 3. The molecule has 72 valence electrons. The van der Waals surface area contributed by atoms with E-state index in [-0.39, 0.29) is 11.6 Å². The predicted molar refractivity (Wildman–Crippen MR) is 41.5 cm³/mol. The van der Waals surface area contributed by atoms with Gasteiger partial charge in [0.1, 0.15) is 5.56 Å². The zero-order valence-electron chi connectivity index (χ0n) is 6.28. The van der Waals surface area contributed by atoms with Crippen molar-refractivity contribution >= 4 is 11.6 Å². The Hall–Kier alpha value is -0.970.